The zero-order valence-electron chi connectivity index (χ0n) is 17.6. The molecule has 0 spiro atoms. The van der Waals surface area contributed by atoms with E-state index in [4.69, 9.17) is 9.47 Å². The standard InChI is InChI=1S/C25H21BrN2O3S/c1-16-8-10-20-22(12-16)32-25(27-20)28-23(29)11-9-18-13-19(26)24(21(14-18)30-2)31-15-17-6-4-3-5-7-17/h3-14H,15H2,1-2H3,(H,27,28,29)/b11-9+. The highest BCUT2D eigenvalue weighted by Crippen LogP contribution is 2.37. The van der Waals surface area contributed by atoms with E-state index in [2.05, 4.69) is 32.3 Å². The van der Waals surface area contributed by atoms with Gasteiger partial charge in [0.15, 0.2) is 16.6 Å². The molecule has 0 aliphatic carbocycles. The fourth-order valence-corrected chi connectivity index (χ4v) is 4.65. The number of carbonyl (C=O) groups is 1. The number of nitrogens with one attached hydrogen (secondary N) is 1. The first-order valence-corrected chi connectivity index (χ1v) is 11.5. The Hall–Kier alpha value is -3.16. The largest absolute Gasteiger partial charge is 0.493 e. The summed E-state index contributed by atoms with van der Waals surface area (Å²) in [6.45, 7) is 2.46. The number of thiazole rings is 1. The first-order chi connectivity index (χ1) is 15.5. The van der Waals surface area contributed by atoms with E-state index in [1.807, 2.05) is 61.5 Å². The van der Waals surface area contributed by atoms with Crippen LogP contribution in [0.5, 0.6) is 11.5 Å². The lowest BCUT2D eigenvalue weighted by Gasteiger charge is -2.13. The molecule has 0 atom stereocenters. The molecule has 4 rings (SSSR count). The Balaban J connectivity index is 1.45. The van der Waals surface area contributed by atoms with E-state index in [9.17, 15) is 4.79 Å². The summed E-state index contributed by atoms with van der Waals surface area (Å²) in [6, 6.07) is 19.6. The van der Waals surface area contributed by atoms with Crippen LogP contribution in [0.15, 0.2) is 71.2 Å². The molecule has 0 radical (unpaired) electrons. The fraction of sp³-hybridized carbons (Fsp3) is 0.120. The minimum absolute atomic E-state index is 0.250. The number of anilines is 1. The number of amides is 1. The lowest BCUT2D eigenvalue weighted by molar-refractivity contribution is -0.111. The van der Waals surface area contributed by atoms with Crippen molar-refractivity contribution in [2.45, 2.75) is 13.5 Å². The van der Waals surface area contributed by atoms with Crippen LogP contribution in [0.2, 0.25) is 0 Å². The molecule has 1 aromatic heterocycles. The maximum absolute atomic E-state index is 12.4. The average Bonchev–Trinajstić information content (AvgIpc) is 3.18. The summed E-state index contributed by atoms with van der Waals surface area (Å²) in [6.07, 6.45) is 3.20. The van der Waals surface area contributed by atoms with Crippen LogP contribution in [0.3, 0.4) is 0 Å². The number of fused-ring (bicyclic) bond motifs is 1. The number of methoxy groups -OCH3 is 1. The smallest absolute Gasteiger partial charge is 0.250 e. The van der Waals surface area contributed by atoms with Crippen molar-refractivity contribution in [2.24, 2.45) is 0 Å². The van der Waals surface area contributed by atoms with Gasteiger partial charge in [0.05, 0.1) is 21.8 Å². The van der Waals surface area contributed by atoms with Crippen molar-refractivity contribution in [3.8, 4) is 11.5 Å². The molecule has 0 saturated carbocycles. The number of halogens is 1. The van der Waals surface area contributed by atoms with E-state index in [0.717, 1.165) is 31.4 Å². The molecule has 1 heterocycles. The molecule has 7 heteroatoms. The summed E-state index contributed by atoms with van der Waals surface area (Å²) in [5.41, 5.74) is 3.90. The second-order valence-corrected chi connectivity index (χ2v) is 9.01. The zero-order valence-corrected chi connectivity index (χ0v) is 20.0. The Labute approximate surface area is 198 Å². The van der Waals surface area contributed by atoms with Gasteiger partial charge in [0.25, 0.3) is 0 Å². The second kappa shape index (κ2) is 9.97. The number of benzene rings is 3. The molecule has 162 valence electrons. The van der Waals surface area contributed by atoms with Crippen molar-refractivity contribution in [1.29, 1.82) is 0 Å². The van der Waals surface area contributed by atoms with Crippen molar-refractivity contribution in [2.75, 3.05) is 12.4 Å². The van der Waals surface area contributed by atoms with Gasteiger partial charge in [-0.15, -0.1) is 0 Å². The van der Waals surface area contributed by atoms with Crippen molar-refractivity contribution in [3.63, 3.8) is 0 Å². The number of aromatic nitrogens is 1. The number of rotatable bonds is 7. The van der Waals surface area contributed by atoms with Gasteiger partial charge in [0, 0.05) is 6.08 Å². The Morgan fingerprint density at radius 2 is 1.97 bits per heavy atom. The van der Waals surface area contributed by atoms with Crippen molar-refractivity contribution >= 4 is 54.6 Å². The molecule has 1 amide bonds. The molecule has 0 aliphatic heterocycles. The fourth-order valence-electron chi connectivity index (χ4n) is 3.11. The van der Waals surface area contributed by atoms with Gasteiger partial charge < -0.3 is 9.47 Å². The topological polar surface area (TPSA) is 60.5 Å². The highest BCUT2D eigenvalue weighted by Gasteiger charge is 2.12. The third-order valence-corrected chi connectivity index (χ3v) is 6.20. The number of aryl methyl sites for hydroxylation is 1. The maximum atomic E-state index is 12.4. The highest BCUT2D eigenvalue weighted by atomic mass is 79.9. The molecule has 4 aromatic rings. The van der Waals surface area contributed by atoms with Crippen molar-refractivity contribution in [1.82, 2.24) is 4.98 Å². The molecule has 32 heavy (non-hydrogen) atoms. The lowest BCUT2D eigenvalue weighted by Crippen LogP contribution is -2.07. The van der Waals surface area contributed by atoms with Gasteiger partial charge in [0.1, 0.15) is 6.61 Å². The van der Waals surface area contributed by atoms with Gasteiger partial charge in [-0.25, -0.2) is 4.98 Å². The van der Waals surface area contributed by atoms with E-state index in [1.165, 1.54) is 17.4 Å². The quantitative estimate of drug-likeness (QED) is 0.285. The molecule has 0 aliphatic rings. The van der Waals surface area contributed by atoms with E-state index >= 15 is 0 Å². The maximum Gasteiger partial charge on any atom is 0.250 e. The van der Waals surface area contributed by atoms with Gasteiger partial charge in [-0.3, -0.25) is 10.1 Å². The van der Waals surface area contributed by atoms with Crippen LogP contribution < -0.4 is 14.8 Å². The van der Waals surface area contributed by atoms with Gasteiger partial charge in [-0.2, -0.15) is 0 Å². The van der Waals surface area contributed by atoms with E-state index < -0.39 is 0 Å². The molecular formula is C25H21BrN2O3S. The number of ether oxygens (including phenoxy) is 2. The SMILES string of the molecule is COc1cc(/C=C/C(=O)Nc2nc3ccc(C)cc3s2)cc(Br)c1OCc1ccccc1. The number of hydrogen-bond donors (Lipinski definition) is 1. The summed E-state index contributed by atoms with van der Waals surface area (Å²) in [7, 11) is 1.59. The first-order valence-electron chi connectivity index (χ1n) is 9.92. The van der Waals surface area contributed by atoms with Gasteiger partial charge in [0.2, 0.25) is 5.91 Å². The van der Waals surface area contributed by atoms with Crippen LogP contribution in [0.1, 0.15) is 16.7 Å². The average molecular weight is 509 g/mol. The summed E-state index contributed by atoms with van der Waals surface area (Å²) in [4.78, 5) is 16.9. The predicted octanol–water partition coefficient (Wildman–Crippen LogP) is 6.61. The number of carbonyl (C=O) groups excluding carboxylic acids is 1. The van der Waals surface area contributed by atoms with Gasteiger partial charge >= 0.3 is 0 Å². The van der Waals surface area contributed by atoms with Gasteiger partial charge in [-0.1, -0.05) is 47.7 Å². The molecule has 0 unspecified atom stereocenters. The summed E-state index contributed by atoms with van der Waals surface area (Å²) in [5.74, 6) is 0.944. The lowest BCUT2D eigenvalue weighted by atomic mass is 10.2. The monoisotopic (exact) mass is 508 g/mol. The van der Waals surface area contributed by atoms with Crippen LogP contribution in [-0.4, -0.2) is 18.0 Å². The summed E-state index contributed by atoms with van der Waals surface area (Å²) in [5, 5.41) is 3.40. The second-order valence-electron chi connectivity index (χ2n) is 7.12. The van der Waals surface area contributed by atoms with E-state index in [1.54, 1.807) is 13.2 Å². The normalized spacial score (nSPS) is 11.1. The Morgan fingerprint density at radius 3 is 2.75 bits per heavy atom. The molecule has 0 bridgehead atoms. The van der Waals surface area contributed by atoms with Crippen molar-refractivity contribution in [3.05, 3.63) is 87.9 Å². The predicted molar refractivity (Wildman–Crippen MR) is 133 cm³/mol. The number of hydrogen-bond acceptors (Lipinski definition) is 5. The molecule has 0 saturated heterocycles. The summed E-state index contributed by atoms with van der Waals surface area (Å²) >= 11 is 5.01. The van der Waals surface area contributed by atoms with E-state index in [0.29, 0.717) is 23.2 Å². The van der Waals surface area contributed by atoms with E-state index in [-0.39, 0.29) is 5.91 Å². The third-order valence-electron chi connectivity index (χ3n) is 4.68. The molecule has 0 fully saturated rings. The number of nitrogens with zero attached hydrogens (tertiary/aromatic N) is 1. The Bertz CT molecular complexity index is 1290. The van der Waals surface area contributed by atoms with Crippen LogP contribution in [0, 0.1) is 6.92 Å². The van der Waals surface area contributed by atoms with Crippen LogP contribution in [-0.2, 0) is 11.4 Å². The minimum atomic E-state index is -0.250. The molecule has 5 nitrogen and oxygen atoms in total. The first kappa shape index (κ1) is 22.0. The summed E-state index contributed by atoms with van der Waals surface area (Å²) < 4.78 is 13.3. The third kappa shape index (κ3) is 5.36. The van der Waals surface area contributed by atoms with Crippen molar-refractivity contribution < 1.29 is 14.3 Å². The molecule has 1 N–H and O–H groups in total. The van der Waals surface area contributed by atoms with Crippen LogP contribution in [0.4, 0.5) is 5.13 Å². The Morgan fingerprint density at radius 1 is 1.16 bits per heavy atom. The van der Waals surface area contributed by atoms with Crippen LogP contribution >= 0.6 is 27.3 Å². The molecule has 3 aromatic carbocycles. The zero-order chi connectivity index (χ0) is 22.5. The Kier molecular flexibility index (Phi) is 6.87. The highest BCUT2D eigenvalue weighted by molar-refractivity contribution is 9.10. The van der Waals surface area contributed by atoms with Crippen LogP contribution in [0.25, 0.3) is 16.3 Å². The molecular weight excluding hydrogens is 488 g/mol. The minimum Gasteiger partial charge on any atom is -0.493 e. The van der Waals surface area contributed by atoms with Gasteiger partial charge in [-0.05, 0) is 69.9 Å².